The van der Waals surface area contributed by atoms with Crippen LogP contribution < -0.4 is 5.73 Å². The Labute approximate surface area is 97.3 Å². The van der Waals surface area contributed by atoms with E-state index in [1.54, 1.807) is 7.11 Å². The average Bonchev–Trinajstić information content (AvgIpc) is 2.71. The van der Waals surface area contributed by atoms with Gasteiger partial charge in [-0.3, -0.25) is 0 Å². The summed E-state index contributed by atoms with van der Waals surface area (Å²) in [7, 11) is 1.68. The number of nitrogens with two attached hydrogens (primary N) is 1. The number of hydrogen-bond donors (Lipinski definition) is 1. The number of ether oxygens (including phenoxy) is 2. The van der Waals surface area contributed by atoms with E-state index in [2.05, 4.69) is 16.8 Å². The molecule has 0 radical (unpaired) electrons. The van der Waals surface area contributed by atoms with E-state index in [4.69, 9.17) is 15.2 Å². The van der Waals surface area contributed by atoms with Gasteiger partial charge < -0.3 is 19.8 Å². The summed E-state index contributed by atoms with van der Waals surface area (Å²) in [6, 6.07) is 4.19. The summed E-state index contributed by atoms with van der Waals surface area (Å²) >= 11 is 0. The summed E-state index contributed by atoms with van der Waals surface area (Å²) in [5, 5.41) is 0. The van der Waals surface area contributed by atoms with Crippen molar-refractivity contribution < 1.29 is 9.47 Å². The van der Waals surface area contributed by atoms with E-state index in [0.717, 1.165) is 19.6 Å². The van der Waals surface area contributed by atoms with Crippen molar-refractivity contribution in [1.82, 2.24) is 4.57 Å². The Morgan fingerprint density at radius 1 is 1.38 bits per heavy atom. The molecule has 0 saturated heterocycles. The van der Waals surface area contributed by atoms with Crippen LogP contribution in [-0.2, 0) is 16.0 Å². The fourth-order valence-electron chi connectivity index (χ4n) is 1.63. The third-order valence-electron chi connectivity index (χ3n) is 2.45. The van der Waals surface area contributed by atoms with E-state index in [9.17, 15) is 0 Å². The molecule has 2 N–H and O–H groups in total. The standard InChI is InChI=1S/C12H22N2O2/c1-11(13)12-5-3-6-14(12)7-4-8-16-10-9-15-2/h3,5-6,11H,4,7-10,13H2,1-2H3. The van der Waals surface area contributed by atoms with Crippen LogP contribution in [0, 0.1) is 0 Å². The first-order valence-corrected chi connectivity index (χ1v) is 5.73. The molecule has 16 heavy (non-hydrogen) atoms. The first-order valence-electron chi connectivity index (χ1n) is 5.73. The van der Waals surface area contributed by atoms with Crippen molar-refractivity contribution in [1.29, 1.82) is 0 Å². The zero-order valence-corrected chi connectivity index (χ0v) is 10.2. The normalized spacial score (nSPS) is 12.9. The van der Waals surface area contributed by atoms with Crippen molar-refractivity contribution in [2.75, 3.05) is 26.9 Å². The fraction of sp³-hybridized carbons (Fsp3) is 0.667. The third kappa shape index (κ3) is 4.35. The third-order valence-corrected chi connectivity index (χ3v) is 2.45. The Kier molecular flexibility index (Phi) is 6.15. The molecule has 1 aromatic heterocycles. The highest BCUT2D eigenvalue weighted by atomic mass is 16.5. The molecule has 0 aliphatic carbocycles. The van der Waals surface area contributed by atoms with Crippen LogP contribution in [0.25, 0.3) is 0 Å². The van der Waals surface area contributed by atoms with Gasteiger partial charge in [-0.1, -0.05) is 0 Å². The van der Waals surface area contributed by atoms with E-state index in [0.29, 0.717) is 13.2 Å². The van der Waals surface area contributed by atoms with Crippen LogP contribution in [0.3, 0.4) is 0 Å². The fourth-order valence-corrected chi connectivity index (χ4v) is 1.63. The summed E-state index contributed by atoms with van der Waals surface area (Å²) in [6.07, 6.45) is 3.06. The smallest absolute Gasteiger partial charge is 0.0700 e. The maximum atomic E-state index is 5.86. The molecular formula is C12H22N2O2. The molecule has 4 nitrogen and oxygen atoms in total. The molecule has 1 aromatic rings. The van der Waals surface area contributed by atoms with E-state index >= 15 is 0 Å². The lowest BCUT2D eigenvalue weighted by Crippen LogP contribution is -2.13. The van der Waals surface area contributed by atoms with Gasteiger partial charge in [0.15, 0.2) is 0 Å². The van der Waals surface area contributed by atoms with Gasteiger partial charge in [-0.15, -0.1) is 0 Å². The molecule has 4 heteroatoms. The maximum Gasteiger partial charge on any atom is 0.0700 e. The molecule has 1 heterocycles. The van der Waals surface area contributed by atoms with Gasteiger partial charge in [0.1, 0.15) is 0 Å². The molecule has 1 atom stereocenters. The molecule has 0 aliphatic heterocycles. The van der Waals surface area contributed by atoms with Gasteiger partial charge in [-0.05, 0) is 25.5 Å². The quantitative estimate of drug-likeness (QED) is 0.684. The van der Waals surface area contributed by atoms with Gasteiger partial charge in [-0.25, -0.2) is 0 Å². The van der Waals surface area contributed by atoms with Crippen molar-refractivity contribution in [3.63, 3.8) is 0 Å². The molecule has 0 aromatic carbocycles. The zero-order valence-electron chi connectivity index (χ0n) is 10.2. The summed E-state index contributed by atoms with van der Waals surface area (Å²) in [5.74, 6) is 0. The van der Waals surface area contributed by atoms with Gasteiger partial charge in [0.05, 0.1) is 13.2 Å². The largest absolute Gasteiger partial charge is 0.382 e. The predicted molar refractivity (Wildman–Crippen MR) is 64.3 cm³/mol. The highest BCUT2D eigenvalue weighted by Crippen LogP contribution is 2.10. The van der Waals surface area contributed by atoms with Gasteiger partial charge in [-0.2, -0.15) is 0 Å². The first-order chi connectivity index (χ1) is 7.75. The number of aromatic nitrogens is 1. The lowest BCUT2D eigenvalue weighted by molar-refractivity contribution is 0.0679. The topological polar surface area (TPSA) is 49.4 Å². The van der Waals surface area contributed by atoms with Gasteiger partial charge in [0.2, 0.25) is 0 Å². The minimum Gasteiger partial charge on any atom is -0.382 e. The molecule has 0 spiro atoms. The van der Waals surface area contributed by atoms with E-state index in [1.165, 1.54) is 5.69 Å². The second kappa shape index (κ2) is 7.44. The van der Waals surface area contributed by atoms with Crippen molar-refractivity contribution in [3.05, 3.63) is 24.0 Å². The SMILES string of the molecule is COCCOCCCn1cccc1C(C)N. The second-order valence-corrected chi connectivity index (χ2v) is 3.87. The lowest BCUT2D eigenvalue weighted by atomic mass is 10.2. The Balaban J connectivity index is 2.19. The summed E-state index contributed by atoms with van der Waals surface area (Å²) in [5.41, 5.74) is 7.04. The molecular weight excluding hydrogens is 204 g/mol. The van der Waals surface area contributed by atoms with E-state index < -0.39 is 0 Å². The Morgan fingerprint density at radius 3 is 2.88 bits per heavy atom. The average molecular weight is 226 g/mol. The van der Waals surface area contributed by atoms with E-state index in [-0.39, 0.29) is 6.04 Å². The Hall–Kier alpha value is -0.840. The zero-order chi connectivity index (χ0) is 11.8. The number of nitrogens with zero attached hydrogens (tertiary/aromatic N) is 1. The molecule has 0 aliphatic rings. The van der Waals surface area contributed by atoms with Gasteiger partial charge in [0.25, 0.3) is 0 Å². The van der Waals surface area contributed by atoms with Crippen LogP contribution in [0.15, 0.2) is 18.3 Å². The van der Waals surface area contributed by atoms with E-state index in [1.807, 2.05) is 13.0 Å². The Morgan fingerprint density at radius 2 is 2.19 bits per heavy atom. The molecule has 0 bridgehead atoms. The number of methoxy groups -OCH3 is 1. The maximum absolute atomic E-state index is 5.86. The lowest BCUT2D eigenvalue weighted by Gasteiger charge is -2.11. The Bertz CT molecular complexity index is 284. The van der Waals surface area contributed by atoms with Crippen LogP contribution in [0.4, 0.5) is 0 Å². The van der Waals surface area contributed by atoms with Gasteiger partial charge in [0, 0.05) is 38.2 Å². The summed E-state index contributed by atoms with van der Waals surface area (Å²) < 4.78 is 12.5. The molecule has 92 valence electrons. The van der Waals surface area contributed by atoms with Crippen LogP contribution in [0.5, 0.6) is 0 Å². The monoisotopic (exact) mass is 226 g/mol. The second-order valence-electron chi connectivity index (χ2n) is 3.87. The van der Waals surface area contributed by atoms with Crippen molar-refractivity contribution in [2.45, 2.75) is 25.9 Å². The first kappa shape index (κ1) is 13.2. The predicted octanol–water partition coefficient (Wildman–Crippen LogP) is 1.56. The van der Waals surface area contributed by atoms with Crippen LogP contribution >= 0.6 is 0 Å². The molecule has 0 amide bonds. The highest BCUT2D eigenvalue weighted by Gasteiger charge is 2.04. The van der Waals surface area contributed by atoms with Crippen molar-refractivity contribution in [2.24, 2.45) is 5.73 Å². The van der Waals surface area contributed by atoms with Crippen molar-refractivity contribution >= 4 is 0 Å². The molecule has 0 fully saturated rings. The van der Waals surface area contributed by atoms with Crippen LogP contribution in [0.1, 0.15) is 25.1 Å². The van der Waals surface area contributed by atoms with Gasteiger partial charge >= 0.3 is 0 Å². The summed E-state index contributed by atoms with van der Waals surface area (Å²) in [6.45, 7) is 5.05. The van der Waals surface area contributed by atoms with Crippen LogP contribution in [-0.4, -0.2) is 31.5 Å². The highest BCUT2D eigenvalue weighted by molar-refractivity contribution is 5.10. The summed E-state index contributed by atoms with van der Waals surface area (Å²) in [4.78, 5) is 0. The van der Waals surface area contributed by atoms with Crippen molar-refractivity contribution in [3.8, 4) is 0 Å². The minimum absolute atomic E-state index is 0.0874. The molecule has 0 saturated carbocycles. The number of rotatable bonds is 8. The van der Waals surface area contributed by atoms with Crippen LogP contribution in [0.2, 0.25) is 0 Å². The molecule has 1 rings (SSSR count). The number of aryl methyl sites for hydroxylation is 1. The minimum atomic E-state index is 0.0874. The number of hydrogen-bond acceptors (Lipinski definition) is 3. The molecule has 1 unspecified atom stereocenters.